The highest BCUT2D eigenvalue weighted by atomic mass is 79.9. The van der Waals surface area contributed by atoms with E-state index in [2.05, 4.69) is 41.6 Å². The van der Waals surface area contributed by atoms with E-state index in [9.17, 15) is 9.90 Å². The summed E-state index contributed by atoms with van der Waals surface area (Å²) < 4.78 is 11.3. The zero-order chi connectivity index (χ0) is 20.2. The molecule has 148 valence electrons. The molecule has 1 aromatic heterocycles. The maximum Gasteiger partial charge on any atom is 0.240 e. The van der Waals surface area contributed by atoms with Crippen LogP contribution < -0.4 is 14.9 Å². The zero-order valence-corrected chi connectivity index (χ0v) is 17.2. The van der Waals surface area contributed by atoms with Crippen LogP contribution in [0, 0.1) is 0 Å². The van der Waals surface area contributed by atoms with E-state index in [0.29, 0.717) is 33.7 Å². The number of carbonyl (C=O) groups is 1. The third kappa shape index (κ3) is 4.69. The number of aromatic amines is 1. The van der Waals surface area contributed by atoms with Gasteiger partial charge in [0.1, 0.15) is 5.75 Å². The highest BCUT2D eigenvalue weighted by molar-refractivity contribution is 9.10. The van der Waals surface area contributed by atoms with E-state index in [-0.39, 0.29) is 24.1 Å². The molecular formula is C18H14BrN5O4S. The number of fused-ring (bicyclic) bond motifs is 1. The number of hydrazone groups is 1. The van der Waals surface area contributed by atoms with Crippen molar-refractivity contribution in [2.45, 2.75) is 5.16 Å². The lowest BCUT2D eigenvalue weighted by Crippen LogP contribution is -2.02. The zero-order valence-electron chi connectivity index (χ0n) is 14.8. The minimum atomic E-state index is -0.0734. The van der Waals surface area contributed by atoms with Gasteiger partial charge in [-0.15, -0.1) is 5.10 Å². The molecule has 0 amide bonds. The summed E-state index contributed by atoms with van der Waals surface area (Å²) in [5.41, 5.74) is 3.77. The Hall–Kier alpha value is -3.05. The van der Waals surface area contributed by atoms with Crippen molar-refractivity contribution < 1.29 is 19.4 Å². The van der Waals surface area contributed by atoms with E-state index in [1.165, 1.54) is 18.0 Å². The Balaban J connectivity index is 1.31. The summed E-state index contributed by atoms with van der Waals surface area (Å²) in [5.74, 6) is 1.72. The Bertz CT molecular complexity index is 1090. The molecule has 2 heterocycles. The third-order valence-electron chi connectivity index (χ3n) is 3.86. The smallest absolute Gasteiger partial charge is 0.240 e. The number of hydrogen-bond acceptors (Lipinski definition) is 9. The number of thioether (sulfide) groups is 1. The van der Waals surface area contributed by atoms with Crippen molar-refractivity contribution in [2.24, 2.45) is 5.10 Å². The third-order valence-corrected chi connectivity index (χ3v) is 5.20. The first-order valence-electron chi connectivity index (χ1n) is 8.34. The van der Waals surface area contributed by atoms with Gasteiger partial charge in [-0.25, -0.2) is 10.5 Å². The van der Waals surface area contributed by atoms with Gasteiger partial charge < -0.3 is 14.6 Å². The van der Waals surface area contributed by atoms with E-state index in [4.69, 9.17) is 9.47 Å². The van der Waals surface area contributed by atoms with Crippen LogP contribution in [0.2, 0.25) is 0 Å². The second kappa shape index (κ2) is 8.53. The topological polar surface area (TPSA) is 122 Å². The molecule has 4 rings (SSSR count). The molecule has 9 nitrogen and oxygen atoms in total. The Morgan fingerprint density at radius 1 is 1.31 bits per heavy atom. The number of benzene rings is 2. The van der Waals surface area contributed by atoms with Crippen LogP contribution in [-0.4, -0.2) is 44.8 Å². The summed E-state index contributed by atoms with van der Waals surface area (Å²) in [6.07, 6.45) is 1.46. The SMILES string of the molecule is O=C(CSc1n[nH]c(N/N=C/c2cc(Br)ccc2O)n1)c1ccc2c(c1)OCO2. The number of anilines is 1. The molecule has 0 fully saturated rings. The van der Waals surface area contributed by atoms with Crippen molar-refractivity contribution in [3.63, 3.8) is 0 Å². The summed E-state index contributed by atoms with van der Waals surface area (Å²) in [6.45, 7) is 0.165. The van der Waals surface area contributed by atoms with Crippen LogP contribution in [0.3, 0.4) is 0 Å². The predicted molar refractivity (Wildman–Crippen MR) is 111 cm³/mol. The van der Waals surface area contributed by atoms with Gasteiger partial charge in [-0.2, -0.15) is 10.1 Å². The molecule has 0 spiro atoms. The predicted octanol–water partition coefficient (Wildman–Crippen LogP) is 3.42. The number of carbonyl (C=O) groups excluding carboxylic acids is 1. The average molecular weight is 476 g/mol. The minimum Gasteiger partial charge on any atom is -0.507 e. The second-order valence-corrected chi connectivity index (χ2v) is 7.68. The lowest BCUT2D eigenvalue weighted by molar-refractivity contribution is 0.102. The van der Waals surface area contributed by atoms with E-state index in [1.54, 1.807) is 36.4 Å². The number of halogens is 1. The second-order valence-electron chi connectivity index (χ2n) is 5.82. The van der Waals surface area contributed by atoms with Crippen LogP contribution in [0.5, 0.6) is 17.2 Å². The summed E-state index contributed by atoms with van der Waals surface area (Å²) in [4.78, 5) is 16.6. The first-order chi connectivity index (χ1) is 14.1. The van der Waals surface area contributed by atoms with Gasteiger partial charge in [-0.05, 0) is 36.4 Å². The normalized spacial score (nSPS) is 12.4. The molecular weight excluding hydrogens is 462 g/mol. The molecule has 0 unspecified atom stereocenters. The van der Waals surface area contributed by atoms with E-state index in [1.807, 2.05) is 0 Å². The molecule has 0 atom stereocenters. The van der Waals surface area contributed by atoms with Gasteiger partial charge in [0.25, 0.3) is 0 Å². The number of aromatic nitrogens is 3. The van der Waals surface area contributed by atoms with Crippen LogP contribution in [0.25, 0.3) is 0 Å². The number of ether oxygens (including phenoxy) is 2. The molecule has 29 heavy (non-hydrogen) atoms. The van der Waals surface area contributed by atoms with Crippen molar-refractivity contribution >= 4 is 45.6 Å². The number of rotatable bonds is 7. The quantitative estimate of drug-likeness (QED) is 0.205. The highest BCUT2D eigenvalue weighted by Gasteiger charge is 2.17. The fourth-order valence-corrected chi connectivity index (χ4v) is 3.51. The highest BCUT2D eigenvalue weighted by Crippen LogP contribution is 2.33. The monoisotopic (exact) mass is 475 g/mol. The fourth-order valence-electron chi connectivity index (χ4n) is 2.44. The lowest BCUT2D eigenvalue weighted by Gasteiger charge is -2.01. The number of phenols is 1. The van der Waals surface area contributed by atoms with E-state index in [0.717, 1.165) is 4.47 Å². The van der Waals surface area contributed by atoms with Crippen LogP contribution in [0.4, 0.5) is 5.95 Å². The van der Waals surface area contributed by atoms with Crippen LogP contribution in [-0.2, 0) is 0 Å². The Labute approximate surface area is 177 Å². The summed E-state index contributed by atoms with van der Waals surface area (Å²) >= 11 is 4.53. The lowest BCUT2D eigenvalue weighted by atomic mass is 10.1. The van der Waals surface area contributed by atoms with E-state index < -0.39 is 0 Å². The van der Waals surface area contributed by atoms with Crippen LogP contribution >= 0.6 is 27.7 Å². The molecule has 0 saturated carbocycles. The van der Waals surface area contributed by atoms with Gasteiger partial charge in [-0.3, -0.25) is 4.79 Å². The number of aromatic hydroxyl groups is 1. The van der Waals surface area contributed by atoms with Gasteiger partial charge >= 0.3 is 0 Å². The number of H-pyrrole nitrogens is 1. The van der Waals surface area contributed by atoms with Crippen molar-refractivity contribution in [1.82, 2.24) is 15.2 Å². The van der Waals surface area contributed by atoms with Gasteiger partial charge in [-0.1, -0.05) is 27.7 Å². The molecule has 3 aromatic rings. The van der Waals surface area contributed by atoms with Gasteiger partial charge in [0.15, 0.2) is 17.3 Å². The molecule has 0 radical (unpaired) electrons. The average Bonchev–Trinajstić information content (AvgIpc) is 3.37. The number of nitrogens with one attached hydrogen (secondary N) is 2. The molecule has 1 aliphatic rings. The van der Waals surface area contributed by atoms with E-state index >= 15 is 0 Å². The number of nitrogens with zero attached hydrogens (tertiary/aromatic N) is 3. The van der Waals surface area contributed by atoms with Crippen molar-refractivity contribution in [1.29, 1.82) is 0 Å². The van der Waals surface area contributed by atoms with Crippen molar-refractivity contribution in [3.05, 3.63) is 52.0 Å². The fraction of sp³-hybridized carbons (Fsp3) is 0.111. The van der Waals surface area contributed by atoms with Gasteiger partial charge in [0.05, 0.1) is 12.0 Å². The summed E-state index contributed by atoms with van der Waals surface area (Å²) in [6, 6.07) is 10.1. The number of Topliss-reactive ketones (excluding diaryl/α,β-unsaturated/α-hetero) is 1. The standard InChI is InChI=1S/C18H14BrN5O4S/c19-12-2-3-13(25)11(5-12)7-20-22-17-21-18(24-23-17)29-8-14(26)10-1-4-15-16(6-10)28-9-27-15/h1-7,25H,8-9H2,(H2,21,22,23,24)/b20-7+. The molecule has 0 aliphatic carbocycles. The molecule has 0 bridgehead atoms. The summed E-state index contributed by atoms with van der Waals surface area (Å²) in [7, 11) is 0. The Morgan fingerprint density at radius 2 is 2.17 bits per heavy atom. The first-order valence-corrected chi connectivity index (χ1v) is 10.1. The molecule has 3 N–H and O–H groups in total. The molecule has 2 aromatic carbocycles. The van der Waals surface area contributed by atoms with Crippen LogP contribution in [0.15, 0.2) is 51.1 Å². The maximum absolute atomic E-state index is 12.4. The Kier molecular flexibility index (Phi) is 5.67. The molecule has 0 saturated heterocycles. The minimum absolute atomic E-state index is 0.0734. The number of phenolic OH excluding ortho intramolecular Hbond substituents is 1. The summed E-state index contributed by atoms with van der Waals surface area (Å²) in [5, 5.41) is 20.9. The Morgan fingerprint density at radius 3 is 3.07 bits per heavy atom. The largest absolute Gasteiger partial charge is 0.507 e. The number of ketones is 1. The van der Waals surface area contributed by atoms with Crippen LogP contribution in [0.1, 0.15) is 15.9 Å². The van der Waals surface area contributed by atoms with Gasteiger partial charge in [0.2, 0.25) is 17.9 Å². The van der Waals surface area contributed by atoms with Crippen molar-refractivity contribution in [3.8, 4) is 17.2 Å². The molecule has 1 aliphatic heterocycles. The maximum atomic E-state index is 12.4. The van der Waals surface area contributed by atoms with Crippen molar-refractivity contribution in [2.75, 3.05) is 18.0 Å². The van der Waals surface area contributed by atoms with Gasteiger partial charge in [0, 0.05) is 15.6 Å². The first kappa shape index (κ1) is 19.3. The number of hydrogen-bond donors (Lipinski definition) is 3. The molecule has 11 heteroatoms.